The number of hydrogen-bond acceptors (Lipinski definition) is 17. The fourth-order valence-electron chi connectivity index (χ4n) is 5.04. The highest BCUT2D eigenvalue weighted by Crippen LogP contribution is 2.54. The van der Waals surface area contributed by atoms with Crippen LogP contribution in [0.2, 0.25) is 0 Å². The highest BCUT2D eigenvalue weighted by atomic mass is 32.5. The van der Waals surface area contributed by atoms with Crippen molar-refractivity contribution in [3.05, 3.63) is 31.2 Å². The zero-order valence-electron chi connectivity index (χ0n) is 21.8. The number of aliphatic hydroxyl groups excluding tert-OH is 1. The van der Waals surface area contributed by atoms with Crippen molar-refractivity contribution in [2.75, 3.05) is 18.1 Å². The molecule has 7 heterocycles. The first-order valence-electron chi connectivity index (χ1n) is 12.6. The number of nitrogens with two attached hydrogens (primary N) is 2. The Kier molecular flexibility index (Phi) is 7.66. The topological polar surface area (TPSA) is 252 Å². The number of rotatable bonds is 2. The molecule has 7 rings (SSSR count). The van der Waals surface area contributed by atoms with Crippen LogP contribution in [0.15, 0.2) is 31.2 Å². The van der Waals surface area contributed by atoms with Gasteiger partial charge in [-0.05, 0) is 29.7 Å². The van der Waals surface area contributed by atoms with Gasteiger partial charge in [-0.15, -0.1) is 4.67 Å². The van der Waals surface area contributed by atoms with E-state index in [2.05, 4.69) is 24.9 Å². The Hall–Kier alpha value is -2.40. The van der Waals surface area contributed by atoms with E-state index in [1.54, 1.807) is 0 Å². The Balaban J connectivity index is 1.17. The first-order valence-corrected chi connectivity index (χ1v) is 17.8. The van der Waals surface area contributed by atoms with E-state index in [0.717, 1.165) is 0 Å². The molecule has 236 valence electrons. The van der Waals surface area contributed by atoms with Gasteiger partial charge in [-0.2, -0.15) is 4.89 Å². The highest BCUT2D eigenvalue weighted by molar-refractivity contribution is 8.07. The van der Waals surface area contributed by atoms with Crippen LogP contribution in [-0.4, -0.2) is 92.4 Å². The number of aromatic nitrogens is 7. The van der Waals surface area contributed by atoms with Crippen LogP contribution in [0.5, 0.6) is 0 Å². The molecule has 0 saturated carbocycles. The van der Waals surface area contributed by atoms with E-state index in [1.165, 1.54) is 40.4 Å². The summed E-state index contributed by atoms with van der Waals surface area (Å²) < 4.78 is 51.7. The van der Waals surface area contributed by atoms with E-state index in [9.17, 15) is 14.9 Å². The summed E-state index contributed by atoms with van der Waals surface area (Å²) in [5.41, 5.74) is 13.0. The highest BCUT2D eigenvalue weighted by Gasteiger charge is 2.54. The number of nitrogen functional groups attached to an aromatic ring is 2. The standard InChI is InChI=1S/C20H22FN9O10P2S2/c21-9-14-20(36-18(9)29-5-27-10-7(22)1-2-24-16(10)29)37-40-42(33,44)38-13-8(3-34-41(32,43)39-14)35-19(12(13)31)30-6-28-11-15(23)25-4-26-17(11)30/h1-2,4-6,8-9,12-14,18-20,31H,3H2,(H2,22,24)(H,32,43)(H,33,44)(H2,23,25,26)/t8-,9-,12-,13-,14+,18-,19-,20-,41?,42?/m1/s1. The lowest BCUT2D eigenvalue weighted by Crippen LogP contribution is -2.37. The van der Waals surface area contributed by atoms with E-state index in [-0.39, 0.29) is 33.8 Å². The van der Waals surface area contributed by atoms with Gasteiger partial charge < -0.3 is 40.4 Å². The molecule has 44 heavy (non-hydrogen) atoms. The summed E-state index contributed by atoms with van der Waals surface area (Å²) in [4.78, 5) is 47.4. The zero-order valence-corrected chi connectivity index (χ0v) is 25.2. The normalized spacial score (nSPS) is 38.3. The second-order valence-electron chi connectivity index (χ2n) is 9.75. The number of hydrogen-bond donors (Lipinski definition) is 5. The van der Waals surface area contributed by atoms with Crippen LogP contribution in [0.25, 0.3) is 22.3 Å². The summed E-state index contributed by atoms with van der Waals surface area (Å²) in [6.07, 6.45) is -7.38. The van der Waals surface area contributed by atoms with E-state index < -0.39 is 69.4 Å². The van der Waals surface area contributed by atoms with Gasteiger partial charge in [-0.1, -0.05) is 0 Å². The van der Waals surface area contributed by atoms with Crippen molar-refractivity contribution in [1.82, 2.24) is 34.1 Å². The molecule has 0 amide bonds. The van der Waals surface area contributed by atoms with Gasteiger partial charge in [0.15, 0.2) is 41.8 Å². The second kappa shape index (κ2) is 11.1. The fourth-order valence-corrected chi connectivity index (χ4v) is 7.64. The van der Waals surface area contributed by atoms with Crippen LogP contribution >= 0.6 is 13.4 Å². The number of fused-ring (bicyclic) bond motifs is 4. The fraction of sp³-hybridized carbons (Fsp3) is 0.450. The largest absolute Gasteiger partial charge is 0.397 e. The van der Waals surface area contributed by atoms with Crippen molar-refractivity contribution in [3.8, 4) is 0 Å². The molecule has 0 aliphatic carbocycles. The third-order valence-electron chi connectivity index (χ3n) is 7.01. The van der Waals surface area contributed by atoms with Gasteiger partial charge in [-0.3, -0.25) is 18.2 Å². The van der Waals surface area contributed by atoms with Gasteiger partial charge in [0.05, 0.1) is 24.9 Å². The maximum Gasteiger partial charge on any atom is 0.353 e. The second-order valence-corrected chi connectivity index (χ2v) is 15.2. The Morgan fingerprint density at radius 1 is 0.909 bits per heavy atom. The van der Waals surface area contributed by atoms with Gasteiger partial charge in [0.2, 0.25) is 6.29 Å². The van der Waals surface area contributed by atoms with Gasteiger partial charge in [-0.25, -0.2) is 29.3 Å². The van der Waals surface area contributed by atoms with Gasteiger partial charge in [0, 0.05) is 6.20 Å². The number of ether oxygens (including phenoxy) is 2. The van der Waals surface area contributed by atoms with Crippen LogP contribution in [0.1, 0.15) is 12.5 Å². The van der Waals surface area contributed by atoms with E-state index in [1.807, 2.05) is 0 Å². The van der Waals surface area contributed by atoms with E-state index >= 15 is 4.39 Å². The molecule has 7 N–H and O–H groups in total. The average molecular weight is 694 g/mol. The van der Waals surface area contributed by atoms with Gasteiger partial charge in [0.25, 0.3) is 0 Å². The minimum Gasteiger partial charge on any atom is -0.397 e. The number of imidazole rings is 2. The molecule has 3 fully saturated rings. The Morgan fingerprint density at radius 3 is 2.41 bits per heavy atom. The lowest BCUT2D eigenvalue weighted by Gasteiger charge is -2.29. The van der Waals surface area contributed by atoms with Crippen molar-refractivity contribution < 1.29 is 51.9 Å². The summed E-state index contributed by atoms with van der Waals surface area (Å²) >= 11 is 10.2. The molecule has 4 aromatic heterocycles. The molecular weight excluding hydrogens is 671 g/mol. The van der Waals surface area contributed by atoms with Crippen LogP contribution in [0.3, 0.4) is 0 Å². The maximum absolute atomic E-state index is 15.9. The minimum absolute atomic E-state index is 0.0876. The Labute approximate surface area is 255 Å². The maximum atomic E-state index is 15.9. The molecule has 2 unspecified atom stereocenters. The van der Waals surface area contributed by atoms with Crippen molar-refractivity contribution in [3.63, 3.8) is 0 Å². The molecule has 0 spiro atoms. The molecule has 0 radical (unpaired) electrons. The quantitative estimate of drug-likeness (QED) is 0.138. The van der Waals surface area contributed by atoms with Gasteiger partial charge in [0.1, 0.15) is 35.7 Å². The SMILES string of the molecule is Nc1ncnc2c1ncn2[C@@H]1O[C@@H]2COP(O)(=S)O[C@@H]3[C@@H](OOP(O)(=S)O[C@H]2[C@H]1O)O[C@@H](n1cnc2c(N)ccnc21)[C@@H]3F. The first kappa shape index (κ1) is 30.3. The van der Waals surface area contributed by atoms with Crippen molar-refractivity contribution >= 4 is 70.9 Å². The van der Waals surface area contributed by atoms with Gasteiger partial charge >= 0.3 is 13.4 Å². The average Bonchev–Trinajstić information content (AvgIpc) is 3.73. The van der Waals surface area contributed by atoms with Crippen LogP contribution < -0.4 is 11.5 Å². The number of aliphatic hydroxyl groups is 1. The molecule has 3 saturated heterocycles. The molecule has 0 aromatic carbocycles. The summed E-state index contributed by atoms with van der Waals surface area (Å²) in [7, 11) is 0. The molecule has 3 aliphatic heterocycles. The predicted octanol–water partition coefficient (Wildman–Crippen LogP) is 0.0693. The summed E-state index contributed by atoms with van der Waals surface area (Å²) in [6, 6.07) is 1.52. The number of pyridine rings is 1. The Bertz CT molecular complexity index is 1710. The number of halogens is 1. The number of nitrogens with zero attached hydrogens (tertiary/aromatic N) is 7. The lowest BCUT2D eigenvalue weighted by atomic mass is 10.1. The molecule has 24 heteroatoms. The smallest absolute Gasteiger partial charge is 0.353 e. The van der Waals surface area contributed by atoms with E-state index in [4.69, 9.17) is 67.7 Å². The van der Waals surface area contributed by atoms with Crippen molar-refractivity contribution in [2.45, 2.75) is 49.3 Å². The van der Waals surface area contributed by atoms with E-state index in [0.29, 0.717) is 0 Å². The Morgan fingerprint density at radius 2 is 1.61 bits per heavy atom. The number of anilines is 2. The van der Waals surface area contributed by atoms with Crippen LogP contribution in [0.4, 0.5) is 15.9 Å². The molecule has 4 aromatic rings. The monoisotopic (exact) mass is 693 g/mol. The third kappa shape index (κ3) is 5.29. The minimum atomic E-state index is -4.37. The summed E-state index contributed by atoms with van der Waals surface area (Å²) in [6.45, 7) is -9.20. The summed E-state index contributed by atoms with van der Waals surface area (Å²) in [5.74, 6) is 0.0876. The zero-order chi connectivity index (χ0) is 31.0. The van der Waals surface area contributed by atoms with Crippen LogP contribution in [0, 0.1) is 0 Å². The number of alkyl halides is 1. The molecule has 0 bridgehead atoms. The summed E-state index contributed by atoms with van der Waals surface area (Å²) in [5, 5.41) is 11.2. The van der Waals surface area contributed by atoms with Crippen LogP contribution in [-0.2, 0) is 56.2 Å². The van der Waals surface area contributed by atoms with Crippen molar-refractivity contribution in [2.24, 2.45) is 0 Å². The molecule has 3 aliphatic rings. The first-order chi connectivity index (χ1) is 20.9. The lowest BCUT2D eigenvalue weighted by molar-refractivity contribution is -0.336. The third-order valence-corrected chi connectivity index (χ3v) is 9.79. The molecule has 19 nitrogen and oxygen atoms in total. The predicted molar refractivity (Wildman–Crippen MR) is 151 cm³/mol. The molecule has 10 atom stereocenters. The molecular formula is C20H22FN9O10P2S2. The van der Waals surface area contributed by atoms with Crippen molar-refractivity contribution in [1.29, 1.82) is 0 Å².